The maximum absolute atomic E-state index is 12.6. The second-order valence-electron chi connectivity index (χ2n) is 7.43. The van der Waals surface area contributed by atoms with Crippen LogP contribution in [0.2, 0.25) is 0 Å². The van der Waals surface area contributed by atoms with Crippen molar-refractivity contribution < 1.29 is 14.6 Å². The third-order valence-electron chi connectivity index (χ3n) is 5.18. The van der Waals surface area contributed by atoms with E-state index in [0.29, 0.717) is 22.5 Å². The number of ether oxygens (including phenoxy) is 1. The van der Waals surface area contributed by atoms with E-state index in [0.717, 1.165) is 21.2 Å². The fourth-order valence-corrected chi connectivity index (χ4v) is 4.10. The Hall–Kier alpha value is -3.45. The minimum absolute atomic E-state index is 0.116. The number of nitrogens with zero attached hydrogens (tertiary/aromatic N) is 3. The van der Waals surface area contributed by atoms with Gasteiger partial charge in [-0.25, -0.2) is 9.48 Å². The fourth-order valence-electron chi connectivity index (χ4n) is 3.60. The summed E-state index contributed by atoms with van der Waals surface area (Å²) in [5.41, 5.74) is 5.34. The minimum atomic E-state index is -0.582. The average Bonchev–Trinajstić information content (AvgIpc) is 3.24. The Labute approximate surface area is 194 Å². The number of hydrogen-bond donors (Lipinski definition) is 1. The number of phenols is 1. The highest BCUT2D eigenvalue weighted by Crippen LogP contribution is 2.41. The zero-order valence-electron chi connectivity index (χ0n) is 18.0. The largest absolute Gasteiger partial charge is 0.505 e. The lowest BCUT2D eigenvalue weighted by Gasteiger charge is -2.17. The van der Waals surface area contributed by atoms with Crippen LogP contribution >= 0.6 is 15.9 Å². The van der Waals surface area contributed by atoms with E-state index < -0.39 is 5.97 Å². The van der Waals surface area contributed by atoms with Gasteiger partial charge in [0, 0.05) is 15.6 Å². The normalized spacial score (nSPS) is 10.9. The van der Waals surface area contributed by atoms with E-state index >= 15 is 0 Å². The van der Waals surface area contributed by atoms with Gasteiger partial charge in [-0.05, 0) is 44.0 Å². The van der Waals surface area contributed by atoms with Gasteiger partial charge in [-0.2, -0.15) is 0 Å². The lowest BCUT2D eigenvalue weighted by molar-refractivity contribution is 0.0522. The topological polar surface area (TPSA) is 77.2 Å². The van der Waals surface area contributed by atoms with E-state index in [1.54, 1.807) is 20.0 Å². The summed E-state index contributed by atoms with van der Waals surface area (Å²) in [4.78, 5) is 12.6. The van der Waals surface area contributed by atoms with Crippen LogP contribution in [0.5, 0.6) is 5.75 Å². The molecule has 0 unspecified atom stereocenters. The summed E-state index contributed by atoms with van der Waals surface area (Å²) >= 11 is 3.59. The number of benzene rings is 3. The van der Waals surface area contributed by atoms with E-state index in [1.165, 1.54) is 4.68 Å². The van der Waals surface area contributed by atoms with Gasteiger partial charge >= 0.3 is 5.97 Å². The molecule has 1 heterocycles. The Kier molecular flexibility index (Phi) is 6.10. The smallest absolute Gasteiger partial charge is 0.342 e. The maximum atomic E-state index is 12.6. The van der Waals surface area contributed by atoms with E-state index in [2.05, 4.69) is 26.2 Å². The first-order valence-electron chi connectivity index (χ1n) is 10.2. The molecular formula is C25H22BrN3O3. The summed E-state index contributed by atoms with van der Waals surface area (Å²) in [6.07, 6.45) is 1.74. The van der Waals surface area contributed by atoms with Crippen LogP contribution in [0.4, 0.5) is 0 Å². The summed E-state index contributed by atoms with van der Waals surface area (Å²) in [7, 11) is 0. The third kappa shape index (κ3) is 4.03. The summed E-state index contributed by atoms with van der Waals surface area (Å²) in [5.74, 6) is -0.782. The Morgan fingerprint density at radius 3 is 2.50 bits per heavy atom. The van der Waals surface area contributed by atoms with Crippen LogP contribution in [-0.2, 0) is 4.74 Å². The number of esters is 1. The number of hydrogen-bond acceptors (Lipinski definition) is 5. The molecule has 0 spiro atoms. The van der Waals surface area contributed by atoms with Crippen molar-refractivity contribution in [3.05, 3.63) is 82.0 Å². The van der Waals surface area contributed by atoms with Crippen molar-refractivity contribution >= 4 is 21.9 Å². The first-order valence-corrected chi connectivity index (χ1v) is 11.0. The zero-order valence-corrected chi connectivity index (χ0v) is 19.5. The molecule has 0 amide bonds. The van der Waals surface area contributed by atoms with Gasteiger partial charge in [-0.1, -0.05) is 69.2 Å². The molecule has 0 radical (unpaired) electrons. The molecule has 0 aliphatic carbocycles. The minimum Gasteiger partial charge on any atom is -0.505 e. The number of rotatable bonds is 5. The first kappa shape index (κ1) is 21.8. The maximum Gasteiger partial charge on any atom is 0.342 e. The first-order chi connectivity index (χ1) is 15.4. The van der Waals surface area contributed by atoms with Gasteiger partial charge in [0.05, 0.1) is 12.8 Å². The zero-order chi connectivity index (χ0) is 22.8. The van der Waals surface area contributed by atoms with Crippen LogP contribution < -0.4 is 0 Å². The molecule has 1 aromatic heterocycles. The molecule has 4 aromatic rings. The lowest BCUT2D eigenvalue weighted by atomic mass is 9.96. The molecule has 0 atom stereocenters. The molecule has 0 saturated heterocycles. The van der Waals surface area contributed by atoms with E-state index in [-0.39, 0.29) is 17.9 Å². The van der Waals surface area contributed by atoms with Gasteiger partial charge < -0.3 is 9.84 Å². The molecule has 7 heteroatoms. The van der Waals surface area contributed by atoms with Crippen molar-refractivity contribution in [2.75, 3.05) is 6.61 Å². The van der Waals surface area contributed by atoms with Crippen molar-refractivity contribution in [1.29, 1.82) is 0 Å². The monoisotopic (exact) mass is 491 g/mol. The molecule has 0 bridgehead atoms. The molecular weight excluding hydrogens is 470 g/mol. The predicted molar refractivity (Wildman–Crippen MR) is 127 cm³/mol. The highest BCUT2D eigenvalue weighted by atomic mass is 79.9. The van der Waals surface area contributed by atoms with Gasteiger partial charge in [0.25, 0.3) is 0 Å². The van der Waals surface area contributed by atoms with Gasteiger partial charge in [-0.15, -0.1) is 5.10 Å². The molecule has 4 rings (SSSR count). The predicted octanol–water partition coefficient (Wildman–Crippen LogP) is 5.86. The second kappa shape index (κ2) is 8.96. The van der Waals surface area contributed by atoms with Gasteiger partial charge in [0.2, 0.25) is 0 Å². The average molecular weight is 492 g/mol. The second-order valence-corrected chi connectivity index (χ2v) is 8.28. The Morgan fingerprint density at radius 1 is 1.09 bits per heavy atom. The summed E-state index contributed by atoms with van der Waals surface area (Å²) < 4.78 is 7.53. The Morgan fingerprint density at radius 2 is 1.81 bits per heavy atom. The van der Waals surface area contributed by atoms with E-state index in [9.17, 15) is 9.90 Å². The SMILES string of the molecule is CCOC(=O)c1c(C)cc(-c2ccccc2Br)c(-n2cc(-c3ccc(C)cc3)nn2)c1O. The quantitative estimate of drug-likeness (QED) is 0.353. The van der Waals surface area contributed by atoms with Crippen LogP contribution in [0.15, 0.2) is 65.3 Å². The number of aromatic nitrogens is 3. The number of halogens is 1. The van der Waals surface area contributed by atoms with E-state index in [1.807, 2.05) is 61.5 Å². The van der Waals surface area contributed by atoms with Crippen molar-refractivity contribution in [3.8, 4) is 33.8 Å². The molecule has 0 aliphatic heterocycles. The number of carbonyl (C=O) groups is 1. The third-order valence-corrected chi connectivity index (χ3v) is 5.88. The van der Waals surface area contributed by atoms with Gasteiger partial charge in [0.15, 0.2) is 5.75 Å². The number of aromatic hydroxyl groups is 1. The van der Waals surface area contributed by atoms with Crippen LogP contribution in [-0.4, -0.2) is 32.7 Å². The fraction of sp³-hybridized carbons (Fsp3) is 0.160. The van der Waals surface area contributed by atoms with Crippen molar-refractivity contribution in [3.63, 3.8) is 0 Å². The van der Waals surface area contributed by atoms with Crippen LogP contribution in [0.3, 0.4) is 0 Å². The van der Waals surface area contributed by atoms with Crippen molar-refractivity contribution in [1.82, 2.24) is 15.0 Å². The highest BCUT2D eigenvalue weighted by Gasteiger charge is 2.25. The lowest BCUT2D eigenvalue weighted by Crippen LogP contribution is -2.10. The molecule has 32 heavy (non-hydrogen) atoms. The van der Waals surface area contributed by atoms with Gasteiger partial charge in [-0.3, -0.25) is 0 Å². The Balaban J connectivity index is 1.95. The van der Waals surface area contributed by atoms with Crippen LogP contribution in [0.25, 0.3) is 28.1 Å². The number of aryl methyl sites for hydroxylation is 2. The molecule has 162 valence electrons. The van der Waals surface area contributed by atoms with Gasteiger partial charge in [0.1, 0.15) is 16.9 Å². The van der Waals surface area contributed by atoms with E-state index in [4.69, 9.17) is 4.74 Å². The van der Waals surface area contributed by atoms with Crippen LogP contribution in [0.1, 0.15) is 28.4 Å². The number of carbonyl (C=O) groups excluding carboxylic acids is 1. The van der Waals surface area contributed by atoms with Crippen molar-refractivity contribution in [2.24, 2.45) is 0 Å². The molecule has 6 nitrogen and oxygen atoms in total. The molecule has 0 saturated carbocycles. The molecule has 3 aromatic carbocycles. The molecule has 0 aliphatic rings. The molecule has 1 N–H and O–H groups in total. The number of phenolic OH excluding ortho intramolecular Hbond substituents is 1. The summed E-state index contributed by atoms with van der Waals surface area (Å²) in [6, 6.07) is 17.5. The summed E-state index contributed by atoms with van der Waals surface area (Å²) in [5, 5.41) is 19.8. The molecule has 0 fully saturated rings. The summed E-state index contributed by atoms with van der Waals surface area (Å²) in [6.45, 7) is 5.73. The highest BCUT2D eigenvalue weighted by molar-refractivity contribution is 9.10. The van der Waals surface area contributed by atoms with Crippen molar-refractivity contribution in [2.45, 2.75) is 20.8 Å². The Bertz CT molecular complexity index is 1300. The standard InChI is InChI=1S/C25H22BrN3O3/c1-4-32-25(31)22-16(3)13-19(18-7-5-6-8-20(18)26)23(24(22)30)29-14-21(27-28-29)17-11-9-15(2)10-12-17/h5-14,30H,4H2,1-3H3. The van der Waals surface area contributed by atoms with Crippen LogP contribution in [0, 0.1) is 13.8 Å².